The summed E-state index contributed by atoms with van der Waals surface area (Å²) in [6.07, 6.45) is 15.6. The molecule has 0 aromatic rings. The van der Waals surface area contributed by atoms with Crippen LogP contribution in [0.25, 0.3) is 0 Å². The van der Waals surface area contributed by atoms with Gasteiger partial charge in [-0.3, -0.25) is 4.79 Å². The van der Waals surface area contributed by atoms with Gasteiger partial charge in [-0.15, -0.1) is 0 Å². The summed E-state index contributed by atoms with van der Waals surface area (Å²) >= 11 is 0. The first-order valence-corrected chi connectivity index (χ1v) is 19.6. The monoisotopic (exact) mass is 704 g/mol. The molecule has 0 aliphatic carbocycles. The van der Waals surface area contributed by atoms with E-state index in [0.29, 0.717) is 19.3 Å². The Morgan fingerprint density at radius 1 is 0.694 bits per heavy atom. The molecule has 9 unspecified atom stereocenters. The average Bonchev–Trinajstić information content (AvgIpc) is 3.10. The third-order valence-electron chi connectivity index (χ3n) is 9.57. The van der Waals surface area contributed by atoms with Crippen LogP contribution in [0.1, 0.15) is 155 Å². The van der Waals surface area contributed by atoms with Crippen molar-refractivity contribution in [2.45, 2.75) is 210 Å². The third-order valence-corrected chi connectivity index (χ3v) is 9.57. The van der Waals surface area contributed by atoms with Gasteiger partial charge in [0.2, 0.25) is 5.91 Å². The van der Waals surface area contributed by atoms with E-state index >= 15 is 0 Å². The fourth-order valence-corrected chi connectivity index (χ4v) is 6.18. The molecule has 11 nitrogen and oxygen atoms in total. The first-order chi connectivity index (χ1) is 23.7. The van der Waals surface area contributed by atoms with Crippen LogP contribution in [-0.4, -0.2) is 110 Å². The van der Waals surface area contributed by atoms with Gasteiger partial charge in [0, 0.05) is 0 Å². The van der Waals surface area contributed by atoms with Gasteiger partial charge in [-0.05, 0) is 32.1 Å². The molecule has 1 aliphatic heterocycles. The largest absolute Gasteiger partial charge is 0.394 e. The predicted octanol–water partition coefficient (Wildman–Crippen LogP) is 4.55. The summed E-state index contributed by atoms with van der Waals surface area (Å²) in [4.78, 5) is 12.9. The maximum Gasteiger partial charge on any atom is 0.249 e. The Morgan fingerprint density at radius 3 is 1.78 bits per heavy atom. The Morgan fingerprint density at radius 2 is 1.20 bits per heavy atom. The lowest BCUT2D eigenvalue weighted by Gasteiger charge is -2.40. The topological polar surface area (TPSA) is 189 Å². The first kappa shape index (κ1) is 45.9. The summed E-state index contributed by atoms with van der Waals surface area (Å²) in [7, 11) is 0. The van der Waals surface area contributed by atoms with E-state index in [2.05, 4.69) is 31.3 Å². The molecular formula is C38H73NO10. The minimum atomic E-state index is -1.66. The summed E-state index contributed by atoms with van der Waals surface area (Å²) in [5.74, 6) is -0.710. The Kier molecular flexibility index (Phi) is 27.6. The van der Waals surface area contributed by atoms with Gasteiger partial charge in [-0.2, -0.15) is 0 Å². The summed E-state index contributed by atoms with van der Waals surface area (Å²) in [5, 5.41) is 75.1. The van der Waals surface area contributed by atoms with Gasteiger partial charge in [0.15, 0.2) is 6.29 Å². The standard InChI is InChI=1S/C38H73NO10/c1-3-5-7-9-11-13-15-16-18-19-21-23-25-30(41)33(43)29(28-48-38-36(46)35(45)34(44)32(27-40)49-38)39-37(47)31(42)26-24-22-20-17-14-12-10-8-6-4-2/h10,12,29-36,38,40-46H,3-9,11,13-28H2,1-2H3,(H,39,47)/b12-10-. The lowest BCUT2D eigenvalue weighted by atomic mass is 9.98. The van der Waals surface area contributed by atoms with Crippen LogP contribution in [0.3, 0.4) is 0 Å². The number of nitrogens with one attached hydrogen (secondary N) is 1. The molecule has 1 aliphatic rings. The lowest BCUT2D eigenvalue weighted by Crippen LogP contribution is -2.60. The van der Waals surface area contributed by atoms with Crippen LogP contribution in [0.5, 0.6) is 0 Å². The van der Waals surface area contributed by atoms with Crippen molar-refractivity contribution in [3.05, 3.63) is 12.2 Å². The van der Waals surface area contributed by atoms with Crippen molar-refractivity contribution in [3.8, 4) is 0 Å². The number of hydrogen-bond acceptors (Lipinski definition) is 10. The highest BCUT2D eigenvalue weighted by Gasteiger charge is 2.44. The highest BCUT2D eigenvalue weighted by Crippen LogP contribution is 2.23. The molecule has 0 bridgehead atoms. The van der Waals surface area contributed by atoms with Crippen LogP contribution in [0.15, 0.2) is 12.2 Å². The van der Waals surface area contributed by atoms with Crippen molar-refractivity contribution in [1.29, 1.82) is 0 Å². The van der Waals surface area contributed by atoms with Crippen LogP contribution in [0.2, 0.25) is 0 Å². The van der Waals surface area contributed by atoms with Gasteiger partial charge in [0.05, 0.1) is 25.4 Å². The second-order valence-corrected chi connectivity index (χ2v) is 14.0. The van der Waals surface area contributed by atoms with E-state index in [1.165, 1.54) is 64.2 Å². The average molecular weight is 704 g/mol. The Balaban J connectivity index is 2.58. The van der Waals surface area contributed by atoms with Crippen molar-refractivity contribution in [1.82, 2.24) is 5.32 Å². The molecule has 9 atom stereocenters. The number of allylic oxidation sites excluding steroid dienone is 2. The molecule has 1 heterocycles. The molecule has 49 heavy (non-hydrogen) atoms. The molecule has 8 N–H and O–H groups in total. The molecule has 1 saturated heterocycles. The van der Waals surface area contributed by atoms with E-state index in [0.717, 1.165) is 51.4 Å². The summed E-state index contributed by atoms with van der Waals surface area (Å²) in [6.45, 7) is 3.34. The zero-order valence-electron chi connectivity index (χ0n) is 30.7. The number of ether oxygens (including phenoxy) is 2. The lowest BCUT2D eigenvalue weighted by molar-refractivity contribution is -0.303. The molecule has 1 amide bonds. The summed E-state index contributed by atoms with van der Waals surface area (Å²) in [6, 6.07) is -1.17. The van der Waals surface area contributed by atoms with Gasteiger partial charge >= 0.3 is 0 Å². The number of aliphatic hydroxyl groups excluding tert-OH is 7. The molecular weight excluding hydrogens is 630 g/mol. The summed E-state index contributed by atoms with van der Waals surface area (Å²) < 4.78 is 11.0. The van der Waals surface area contributed by atoms with Gasteiger partial charge < -0.3 is 50.5 Å². The van der Waals surface area contributed by atoms with Gasteiger partial charge in [-0.25, -0.2) is 0 Å². The number of amides is 1. The normalized spacial score (nSPS) is 23.8. The molecule has 1 rings (SSSR count). The van der Waals surface area contributed by atoms with Gasteiger partial charge in [0.1, 0.15) is 36.6 Å². The fourth-order valence-electron chi connectivity index (χ4n) is 6.18. The van der Waals surface area contributed by atoms with Gasteiger partial charge in [0.25, 0.3) is 0 Å². The zero-order valence-corrected chi connectivity index (χ0v) is 30.7. The molecule has 11 heteroatoms. The van der Waals surface area contributed by atoms with Crippen LogP contribution in [0, 0.1) is 0 Å². The minimum absolute atomic E-state index is 0.246. The number of hydrogen-bond donors (Lipinski definition) is 8. The number of rotatable bonds is 31. The molecule has 0 aromatic carbocycles. The van der Waals surface area contributed by atoms with Crippen LogP contribution in [-0.2, 0) is 14.3 Å². The van der Waals surface area contributed by atoms with E-state index in [9.17, 15) is 40.5 Å². The maximum absolute atomic E-state index is 12.9. The molecule has 0 spiro atoms. The number of carbonyl (C=O) groups excluding carboxylic acids is 1. The smallest absolute Gasteiger partial charge is 0.249 e. The van der Waals surface area contributed by atoms with Crippen LogP contribution >= 0.6 is 0 Å². The third kappa shape index (κ3) is 20.5. The Labute approximate surface area is 296 Å². The second-order valence-electron chi connectivity index (χ2n) is 14.0. The van der Waals surface area contributed by atoms with Crippen molar-refractivity contribution >= 4 is 5.91 Å². The van der Waals surface area contributed by atoms with Crippen molar-refractivity contribution < 1.29 is 50.0 Å². The van der Waals surface area contributed by atoms with E-state index in [1.807, 2.05) is 0 Å². The van der Waals surface area contributed by atoms with E-state index in [4.69, 9.17) is 9.47 Å². The van der Waals surface area contributed by atoms with Crippen LogP contribution < -0.4 is 5.32 Å². The highest BCUT2D eigenvalue weighted by atomic mass is 16.7. The molecule has 0 radical (unpaired) electrons. The Bertz CT molecular complexity index is 815. The molecule has 1 fully saturated rings. The Hall–Kier alpha value is -1.15. The first-order valence-electron chi connectivity index (χ1n) is 19.6. The van der Waals surface area contributed by atoms with Crippen LogP contribution in [0.4, 0.5) is 0 Å². The number of carbonyl (C=O) groups is 1. The fraction of sp³-hybridized carbons (Fsp3) is 0.921. The molecule has 290 valence electrons. The predicted molar refractivity (Wildman–Crippen MR) is 192 cm³/mol. The van der Waals surface area contributed by atoms with E-state index in [-0.39, 0.29) is 6.42 Å². The highest BCUT2D eigenvalue weighted by molar-refractivity contribution is 5.80. The zero-order chi connectivity index (χ0) is 36.3. The second kappa shape index (κ2) is 29.4. The maximum atomic E-state index is 12.9. The van der Waals surface area contributed by atoms with E-state index in [1.54, 1.807) is 0 Å². The SMILES string of the molecule is CCCC/C=C\CCCCCCC(O)C(=O)NC(COC1OC(CO)C(O)C(O)C1O)C(O)C(O)CCCCCCCCCCCCCC. The summed E-state index contributed by atoms with van der Waals surface area (Å²) in [5.41, 5.74) is 0. The van der Waals surface area contributed by atoms with Crippen molar-refractivity contribution in [2.24, 2.45) is 0 Å². The van der Waals surface area contributed by atoms with Crippen molar-refractivity contribution in [2.75, 3.05) is 13.2 Å². The molecule has 0 aromatic heterocycles. The number of unbranched alkanes of at least 4 members (excludes halogenated alkanes) is 17. The van der Waals surface area contributed by atoms with E-state index < -0.39 is 74.2 Å². The quantitative estimate of drug-likeness (QED) is 0.0376. The van der Waals surface area contributed by atoms with Gasteiger partial charge in [-0.1, -0.05) is 135 Å². The number of aliphatic hydroxyl groups is 7. The minimum Gasteiger partial charge on any atom is -0.394 e. The molecule has 0 saturated carbocycles. The van der Waals surface area contributed by atoms with Crippen molar-refractivity contribution in [3.63, 3.8) is 0 Å².